The minimum absolute atomic E-state index is 0.269. The molecule has 0 saturated heterocycles. The van der Waals surface area contributed by atoms with Gasteiger partial charge in [-0.1, -0.05) is 26.7 Å². The van der Waals surface area contributed by atoms with E-state index >= 15 is 0 Å². The second-order valence-corrected chi connectivity index (χ2v) is 6.07. The van der Waals surface area contributed by atoms with Crippen molar-refractivity contribution >= 4 is 11.3 Å². The Bertz CT molecular complexity index is 315. The summed E-state index contributed by atoms with van der Waals surface area (Å²) < 4.78 is 0. The number of hydrogen-bond acceptors (Lipinski definition) is 2. The van der Waals surface area contributed by atoms with Crippen LogP contribution in [0.2, 0.25) is 0 Å². The molecule has 0 aromatic carbocycles. The van der Waals surface area contributed by atoms with E-state index in [1.165, 1.54) is 43.4 Å². The fourth-order valence-corrected chi connectivity index (χ4v) is 4.06. The molecule has 1 heterocycles. The van der Waals surface area contributed by atoms with Crippen LogP contribution in [0.25, 0.3) is 0 Å². The second kappa shape index (κ2) is 5.33. The van der Waals surface area contributed by atoms with Gasteiger partial charge < -0.3 is 5.73 Å². The summed E-state index contributed by atoms with van der Waals surface area (Å²) in [5.41, 5.74) is 7.97. The van der Waals surface area contributed by atoms with Crippen LogP contribution in [0.3, 0.4) is 0 Å². The zero-order valence-corrected chi connectivity index (χ0v) is 11.3. The zero-order valence-electron chi connectivity index (χ0n) is 10.5. The van der Waals surface area contributed by atoms with Crippen LogP contribution in [0.1, 0.15) is 60.9 Å². The Kier molecular flexibility index (Phi) is 4.04. The van der Waals surface area contributed by atoms with Crippen molar-refractivity contribution in [1.29, 1.82) is 0 Å². The molecule has 1 unspecified atom stereocenters. The van der Waals surface area contributed by atoms with E-state index in [0.29, 0.717) is 5.92 Å². The topological polar surface area (TPSA) is 26.0 Å². The van der Waals surface area contributed by atoms with Crippen molar-refractivity contribution in [3.63, 3.8) is 0 Å². The van der Waals surface area contributed by atoms with Gasteiger partial charge in [-0.3, -0.25) is 0 Å². The monoisotopic (exact) mass is 237 g/mol. The van der Waals surface area contributed by atoms with Crippen molar-refractivity contribution < 1.29 is 0 Å². The van der Waals surface area contributed by atoms with Gasteiger partial charge in [0, 0.05) is 15.8 Å². The minimum atomic E-state index is 0.269. The summed E-state index contributed by atoms with van der Waals surface area (Å²) in [6.45, 7) is 4.50. The second-order valence-electron chi connectivity index (χ2n) is 4.91. The van der Waals surface area contributed by atoms with E-state index in [1.807, 2.05) is 11.3 Å². The van der Waals surface area contributed by atoms with Gasteiger partial charge in [0.2, 0.25) is 0 Å². The van der Waals surface area contributed by atoms with Crippen molar-refractivity contribution in [3.05, 3.63) is 21.4 Å². The van der Waals surface area contributed by atoms with Gasteiger partial charge in [-0.05, 0) is 43.2 Å². The summed E-state index contributed by atoms with van der Waals surface area (Å²) >= 11 is 1.98. The van der Waals surface area contributed by atoms with E-state index in [1.54, 1.807) is 10.4 Å². The van der Waals surface area contributed by atoms with Crippen LogP contribution in [0.4, 0.5) is 0 Å². The summed E-state index contributed by atoms with van der Waals surface area (Å²) in [5.74, 6) is 0.653. The third-order valence-electron chi connectivity index (χ3n) is 3.90. The molecule has 90 valence electrons. The largest absolute Gasteiger partial charge is 0.323 e. The predicted molar refractivity (Wildman–Crippen MR) is 72.0 cm³/mol. The molecule has 0 spiro atoms. The molecule has 1 aliphatic carbocycles. The van der Waals surface area contributed by atoms with Crippen molar-refractivity contribution in [2.75, 3.05) is 0 Å². The Morgan fingerprint density at radius 2 is 1.94 bits per heavy atom. The molecule has 2 N–H and O–H groups in total. The lowest BCUT2D eigenvalue weighted by Gasteiger charge is -2.19. The van der Waals surface area contributed by atoms with E-state index in [0.717, 1.165) is 0 Å². The maximum atomic E-state index is 6.38. The average Bonchev–Trinajstić information content (AvgIpc) is 2.74. The SMILES string of the molecule is CCC(CC)C(N)c1cc2c(s1)CCCC2. The normalized spacial score (nSPS) is 17.5. The van der Waals surface area contributed by atoms with Crippen LogP contribution in [0.15, 0.2) is 6.07 Å². The molecular formula is C14H23NS. The van der Waals surface area contributed by atoms with Gasteiger partial charge in [0.25, 0.3) is 0 Å². The Labute approximate surface area is 103 Å². The molecule has 0 aliphatic heterocycles. The highest BCUT2D eigenvalue weighted by molar-refractivity contribution is 7.12. The van der Waals surface area contributed by atoms with Crippen LogP contribution in [-0.4, -0.2) is 0 Å². The first-order valence-corrected chi connectivity index (χ1v) is 7.45. The molecule has 1 nitrogen and oxygen atoms in total. The summed E-state index contributed by atoms with van der Waals surface area (Å²) in [4.78, 5) is 3.04. The van der Waals surface area contributed by atoms with Crippen LogP contribution < -0.4 is 5.73 Å². The number of hydrogen-bond donors (Lipinski definition) is 1. The smallest absolute Gasteiger partial charge is 0.0418 e. The highest BCUT2D eigenvalue weighted by atomic mass is 32.1. The standard InChI is InChI=1S/C14H23NS/c1-3-10(4-2)14(15)13-9-11-7-5-6-8-12(11)16-13/h9-10,14H,3-8,15H2,1-2H3. The summed E-state index contributed by atoms with van der Waals surface area (Å²) in [6.07, 6.45) is 7.69. The Morgan fingerprint density at radius 1 is 1.25 bits per heavy atom. The third-order valence-corrected chi connectivity index (χ3v) is 5.24. The number of nitrogens with two attached hydrogens (primary N) is 1. The van der Waals surface area contributed by atoms with Crippen LogP contribution >= 0.6 is 11.3 Å². The van der Waals surface area contributed by atoms with Crippen LogP contribution in [0, 0.1) is 5.92 Å². The lowest BCUT2D eigenvalue weighted by atomic mass is 9.92. The number of thiophene rings is 1. The first-order valence-electron chi connectivity index (χ1n) is 6.63. The summed E-state index contributed by atoms with van der Waals surface area (Å²) in [5, 5.41) is 0. The van der Waals surface area contributed by atoms with Gasteiger partial charge in [-0.2, -0.15) is 0 Å². The lowest BCUT2D eigenvalue weighted by molar-refractivity contribution is 0.410. The molecule has 2 rings (SSSR count). The average molecular weight is 237 g/mol. The first-order chi connectivity index (χ1) is 7.76. The molecule has 1 atom stereocenters. The van der Waals surface area contributed by atoms with E-state index < -0.39 is 0 Å². The van der Waals surface area contributed by atoms with Gasteiger partial charge in [0.05, 0.1) is 0 Å². The predicted octanol–water partition coefficient (Wildman–Crippen LogP) is 4.06. The molecule has 0 fully saturated rings. The highest BCUT2D eigenvalue weighted by Crippen LogP contribution is 2.35. The highest BCUT2D eigenvalue weighted by Gasteiger charge is 2.21. The molecule has 16 heavy (non-hydrogen) atoms. The van der Waals surface area contributed by atoms with Gasteiger partial charge in [-0.25, -0.2) is 0 Å². The summed E-state index contributed by atoms with van der Waals surface area (Å²) in [7, 11) is 0. The van der Waals surface area contributed by atoms with Crippen LogP contribution in [0.5, 0.6) is 0 Å². The maximum Gasteiger partial charge on any atom is 0.0418 e. The van der Waals surface area contributed by atoms with E-state index in [-0.39, 0.29) is 6.04 Å². The summed E-state index contributed by atoms with van der Waals surface area (Å²) in [6, 6.07) is 2.66. The zero-order chi connectivity index (χ0) is 11.5. The Hall–Kier alpha value is -0.340. The molecular weight excluding hydrogens is 214 g/mol. The van der Waals surface area contributed by atoms with E-state index in [9.17, 15) is 0 Å². The lowest BCUT2D eigenvalue weighted by Crippen LogP contribution is -2.19. The molecule has 1 aliphatic rings. The number of aryl methyl sites for hydroxylation is 2. The molecule has 0 radical (unpaired) electrons. The van der Waals surface area contributed by atoms with Gasteiger partial charge >= 0.3 is 0 Å². The van der Waals surface area contributed by atoms with E-state index in [4.69, 9.17) is 5.73 Å². The number of fused-ring (bicyclic) bond motifs is 1. The van der Waals surface area contributed by atoms with Gasteiger partial charge in [0.1, 0.15) is 0 Å². The van der Waals surface area contributed by atoms with Gasteiger partial charge in [-0.15, -0.1) is 11.3 Å². The fraction of sp³-hybridized carbons (Fsp3) is 0.714. The Morgan fingerprint density at radius 3 is 2.56 bits per heavy atom. The van der Waals surface area contributed by atoms with Crippen molar-refractivity contribution in [3.8, 4) is 0 Å². The maximum absolute atomic E-state index is 6.38. The molecule has 0 saturated carbocycles. The van der Waals surface area contributed by atoms with Gasteiger partial charge in [0.15, 0.2) is 0 Å². The minimum Gasteiger partial charge on any atom is -0.323 e. The molecule has 1 aromatic rings. The molecule has 0 amide bonds. The quantitative estimate of drug-likeness (QED) is 0.839. The Balaban J connectivity index is 2.17. The van der Waals surface area contributed by atoms with Crippen molar-refractivity contribution in [2.45, 2.75) is 58.4 Å². The van der Waals surface area contributed by atoms with Crippen LogP contribution in [-0.2, 0) is 12.8 Å². The molecule has 2 heteroatoms. The van der Waals surface area contributed by atoms with Crippen molar-refractivity contribution in [1.82, 2.24) is 0 Å². The molecule has 1 aromatic heterocycles. The molecule has 0 bridgehead atoms. The number of rotatable bonds is 4. The van der Waals surface area contributed by atoms with Crippen molar-refractivity contribution in [2.24, 2.45) is 11.7 Å². The first kappa shape index (κ1) is 12.1. The third kappa shape index (κ3) is 2.33. The van der Waals surface area contributed by atoms with E-state index in [2.05, 4.69) is 19.9 Å². The fourth-order valence-electron chi connectivity index (χ4n) is 2.71.